The number of hydrogen-bond donors (Lipinski definition) is 1. The first-order chi connectivity index (χ1) is 11.2. The second-order valence-electron chi connectivity index (χ2n) is 7.84. The number of para-hydroxylation sites is 1. The van der Waals surface area contributed by atoms with E-state index < -0.39 is 0 Å². The smallest absolute Gasteiger partial charge is 0.0509 e. The molecule has 0 amide bonds. The molecule has 122 valence electrons. The number of aryl methyl sites for hydroxylation is 1. The van der Waals surface area contributed by atoms with Crippen molar-refractivity contribution >= 4 is 10.9 Å². The Labute approximate surface area is 137 Å². The molecule has 1 unspecified atom stereocenters. The Hall–Kier alpha value is -1.32. The van der Waals surface area contributed by atoms with Crippen molar-refractivity contribution in [1.82, 2.24) is 9.47 Å². The molecule has 1 aromatic carbocycles. The summed E-state index contributed by atoms with van der Waals surface area (Å²) in [4.78, 5) is 2.75. The van der Waals surface area contributed by atoms with Crippen molar-refractivity contribution in [2.45, 2.75) is 38.3 Å². The number of aliphatic hydroxyl groups is 1. The molecule has 4 aliphatic rings. The zero-order chi connectivity index (χ0) is 15.7. The molecule has 4 aliphatic heterocycles. The largest absolute Gasteiger partial charge is 0.396 e. The minimum atomic E-state index is 0.356. The first-order valence-electron chi connectivity index (χ1n) is 9.17. The van der Waals surface area contributed by atoms with Gasteiger partial charge >= 0.3 is 0 Å². The van der Waals surface area contributed by atoms with Gasteiger partial charge in [0.2, 0.25) is 0 Å². The van der Waals surface area contributed by atoms with E-state index in [1.54, 1.807) is 11.3 Å². The maximum atomic E-state index is 10.1. The summed E-state index contributed by atoms with van der Waals surface area (Å²) in [6.07, 6.45) is 3.60. The number of nitrogens with zero attached hydrogens (tertiary/aromatic N) is 2. The summed E-state index contributed by atoms with van der Waals surface area (Å²) in [6.45, 7) is 3.90. The highest BCUT2D eigenvalue weighted by Crippen LogP contribution is 2.55. The van der Waals surface area contributed by atoms with Crippen LogP contribution in [0.3, 0.4) is 0 Å². The zero-order valence-electron chi connectivity index (χ0n) is 14.1. The monoisotopic (exact) mass is 310 g/mol. The molecule has 3 saturated heterocycles. The standard InChI is InChI=1S/C20H26N2O/c1-3-12-10-22-18-9-15-13-6-4-5-7-17(13)21(2)20(15)19(22)8-14(12)16(18)11-23/h4-7,12,14,16,18-19,23H,3,8-11H2,1-2H3/t12-,14+,16-,18+,19+/m1/s1. The van der Waals surface area contributed by atoms with Gasteiger partial charge in [-0.05, 0) is 36.3 Å². The molecule has 1 aromatic heterocycles. The van der Waals surface area contributed by atoms with Gasteiger partial charge in [0.25, 0.3) is 0 Å². The van der Waals surface area contributed by atoms with Gasteiger partial charge < -0.3 is 9.67 Å². The fraction of sp³-hybridized carbons (Fsp3) is 0.600. The Morgan fingerprint density at radius 2 is 2.09 bits per heavy atom. The van der Waals surface area contributed by atoms with Crippen molar-refractivity contribution < 1.29 is 5.11 Å². The highest BCUT2D eigenvalue weighted by molar-refractivity contribution is 5.86. The van der Waals surface area contributed by atoms with E-state index in [9.17, 15) is 5.11 Å². The van der Waals surface area contributed by atoms with Gasteiger partial charge in [0.05, 0.1) is 6.04 Å². The topological polar surface area (TPSA) is 28.4 Å². The lowest BCUT2D eigenvalue weighted by molar-refractivity contribution is -0.114. The fourth-order valence-corrected chi connectivity index (χ4v) is 6.11. The van der Waals surface area contributed by atoms with Gasteiger partial charge in [0, 0.05) is 48.8 Å². The van der Waals surface area contributed by atoms with Gasteiger partial charge in [-0.2, -0.15) is 0 Å². The van der Waals surface area contributed by atoms with E-state index in [2.05, 4.69) is 47.7 Å². The quantitative estimate of drug-likeness (QED) is 0.923. The Balaban J connectivity index is 1.69. The van der Waals surface area contributed by atoms with E-state index in [1.807, 2.05) is 0 Å². The van der Waals surface area contributed by atoms with Gasteiger partial charge in [-0.1, -0.05) is 31.5 Å². The van der Waals surface area contributed by atoms with Gasteiger partial charge in [-0.15, -0.1) is 0 Å². The number of aliphatic hydroxyl groups excluding tert-OH is 1. The molecule has 6 atom stereocenters. The van der Waals surface area contributed by atoms with Crippen LogP contribution in [0.2, 0.25) is 0 Å². The van der Waals surface area contributed by atoms with Crippen molar-refractivity contribution in [3.8, 4) is 0 Å². The van der Waals surface area contributed by atoms with E-state index in [0.29, 0.717) is 30.5 Å². The number of hydrogen-bond acceptors (Lipinski definition) is 2. The maximum absolute atomic E-state index is 10.1. The predicted molar refractivity (Wildman–Crippen MR) is 92.3 cm³/mol. The molecular weight excluding hydrogens is 284 g/mol. The average molecular weight is 310 g/mol. The summed E-state index contributed by atoms with van der Waals surface area (Å²) in [5.74, 6) is 1.95. The number of fused-ring (bicyclic) bond motifs is 4. The Morgan fingerprint density at radius 1 is 1.26 bits per heavy atom. The molecule has 5 heterocycles. The summed E-state index contributed by atoms with van der Waals surface area (Å²) in [5, 5.41) is 11.5. The maximum Gasteiger partial charge on any atom is 0.0509 e. The van der Waals surface area contributed by atoms with Crippen molar-refractivity contribution in [2.75, 3.05) is 13.2 Å². The van der Waals surface area contributed by atoms with E-state index in [4.69, 9.17) is 0 Å². The number of benzene rings is 1. The van der Waals surface area contributed by atoms with Gasteiger partial charge in [0.1, 0.15) is 0 Å². The lowest BCUT2D eigenvalue weighted by atomic mass is 9.61. The third-order valence-corrected chi connectivity index (χ3v) is 7.14. The van der Waals surface area contributed by atoms with Crippen molar-refractivity contribution in [3.63, 3.8) is 0 Å². The normalized spacial score (nSPS) is 38.0. The lowest BCUT2D eigenvalue weighted by Crippen LogP contribution is -2.63. The van der Waals surface area contributed by atoms with Crippen LogP contribution >= 0.6 is 0 Å². The van der Waals surface area contributed by atoms with Crippen LogP contribution in [-0.4, -0.2) is 33.8 Å². The Bertz CT molecular complexity index is 764. The van der Waals surface area contributed by atoms with Crippen LogP contribution < -0.4 is 0 Å². The van der Waals surface area contributed by atoms with Crippen molar-refractivity contribution in [1.29, 1.82) is 0 Å². The van der Waals surface area contributed by atoms with Crippen LogP contribution in [0.1, 0.15) is 37.1 Å². The molecule has 6 rings (SSSR count). The van der Waals surface area contributed by atoms with E-state index in [1.165, 1.54) is 30.3 Å². The van der Waals surface area contributed by atoms with E-state index in [0.717, 1.165) is 12.3 Å². The van der Waals surface area contributed by atoms with Crippen LogP contribution in [0.15, 0.2) is 24.3 Å². The number of aromatic nitrogens is 1. The first kappa shape index (κ1) is 14.1. The van der Waals surface area contributed by atoms with Crippen molar-refractivity contribution in [3.05, 3.63) is 35.5 Å². The molecule has 0 radical (unpaired) electrons. The van der Waals surface area contributed by atoms with Crippen LogP contribution in [0, 0.1) is 17.8 Å². The minimum absolute atomic E-state index is 0.356. The molecule has 0 spiro atoms. The molecule has 0 saturated carbocycles. The summed E-state index contributed by atoms with van der Waals surface area (Å²) in [7, 11) is 2.24. The lowest BCUT2D eigenvalue weighted by Gasteiger charge is -2.60. The third-order valence-electron chi connectivity index (χ3n) is 7.14. The summed E-state index contributed by atoms with van der Waals surface area (Å²) in [6, 6.07) is 9.96. The van der Waals surface area contributed by atoms with Crippen molar-refractivity contribution in [2.24, 2.45) is 24.8 Å². The highest BCUT2D eigenvalue weighted by Gasteiger charge is 2.54. The predicted octanol–water partition coefficient (Wildman–Crippen LogP) is 3.11. The Morgan fingerprint density at radius 3 is 2.87 bits per heavy atom. The fourth-order valence-electron chi connectivity index (χ4n) is 6.11. The van der Waals surface area contributed by atoms with E-state index in [-0.39, 0.29) is 0 Å². The summed E-state index contributed by atoms with van der Waals surface area (Å²) < 4.78 is 2.45. The zero-order valence-corrected chi connectivity index (χ0v) is 14.1. The van der Waals surface area contributed by atoms with Crippen LogP contribution in [-0.2, 0) is 13.5 Å². The summed E-state index contributed by atoms with van der Waals surface area (Å²) >= 11 is 0. The average Bonchev–Trinajstić information content (AvgIpc) is 2.87. The molecule has 23 heavy (non-hydrogen) atoms. The van der Waals surface area contributed by atoms with Crippen LogP contribution in [0.25, 0.3) is 10.9 Å². The van der Waals surface area contributed by atoms with E-state index >= 15 is 0 Å². The molecule has 2 aromatic rings. The third kappa shape index (κ3) is 1.67. The second-order valence-corrected chi connectivity index (χ2v) is 7.84. The molecule has 3 nitrogen and oxygen atoms in total. The molecule has 3 heteroatoms. The first-order valence-corrected chi connectivity index (χ1v) is 9.17. The second kappa shape index (κ2) is 4.84. The minimum Gasteiger partial charge on any atom is -0.396 e. The van der Waals surface area contributed by atoms with Gasteiger partial charge in [-0.25, -0.2) is 0 Å². The van der Waals surface area contributed by atoms with Gasteiger partial charge in [-0.3, -0.25) is 4.90 Å². The van der Waals surface area contributed by atoms with Gasteiger partial charge in [0.15, 0.2) is 0 Å². The van der Waals surface area contributed by atoms with Crippen LogP contribution in [0.5, 0.6) is 0 Å². The molecule has 4 bridgehead atoms. The Kier molecular flexibility index (Phi) is 2.96. The SMILES string of the molecule is CC[C@@H]1CN2[C@H]3C[C@@H]1[C@@H](CO)[C@@H]2Cc1c3n(C)c2ccccc12. The summed E-state index contributed by atoms with van der Waals surface area (Å²) in [5.41, 5.74) is 4.48. The number of rotatable bonds is 2. The molecular formula is C20H26N2O. The molecule has 1 N–H and O–H groups in total. The highest BCUT2D eigenvalue weighted by atomic mass is 16.3. The van der Waals surface area contributed by atoms with Crippen LogP contribution in [0.4, 0.5) is 0 Å². The number of piperidine rings is 3. The molecule has 3 fully saturated rings. The molecule has 0 aliphatic carbocycles.